The van der Waals surface area contributed by atoms with Crippen molar-refractivity contribution in [2.75, 3.05) is 17.7 Å². The lowest BCUT2D eigenvalue weighted by Gasteiger charge is -2.14. The highest BCUT2D eigenvalue weighted by Gasteiger charge is 2.15. The number of benzene rings is 1. The summed E-state index contributed by atoms with van der Waals surface area (Å²) >= 11 is 0. The SMILES string of the molecule is CC(C)Oc1c(C#N)ccc2cnc(Nc3ccnc(CS(=O)(=O)CCO)c3)nc12. The Labute approximate surface area is 174 Å². The molecule has 2 heterocycles. The second-order valence-electron chi connectivity index (χ2n) is 6.83. The van der Waals surface area contributed by atoms with Crippen molar-refractivity contribution in [2.24, 2.45) is 0 Å². The molecule has 10 heteroatoms. The quantitative estimate of drug-likeness (QED) is 0.554. The average Bonchev–Trinajstić information content (AvgIpc) is 2.68. The minimum absolute atomic E-state index is 0.141. The van der Waals surface area contributed by atoms with Crippen molar-refractivity contribution in [3.8, 4) is 11.8 Å². The van der Waals surface area contributed by atoms with Gasteiger partial charge in [0, 0.05) is 23.5 Å². The molecule has 0 bridgehead atoms. The maximum Gasteiger partial charge on any atom is 0.227 e. The number of hydrogen-bond acceptors (Lipinski definition) is 9. The Morgan fingerprint density at radius 1 is 1.27 bits per heavy atom. The zero-order valence-electron chi connectivity index (χ0n) is 16.5. The number of aliphatic hydroxyl groups is 1. The van der Waals surface area contributed by atoms with E-state index in [2.05, 4.69) is 26.3 Å². The molecule has 0 aliphatic heterocycles. The van der Waals surface area contributed by atoms with Gasteiger partial charge in [-0.25, -0.2) is 18.4 Å². The van der Waals surface area contributed by atoms with Gasteiger partial charge in [-0.1, -0.05) is 0 Å². The predicted molar refractivity (Wildman–Crippen MR) is 112 cm³/mol. The molecule has 2 aromatic heterocycles. The van der Waals surface area contributed by atoms with Gasteiger partial charge in [0.2, 0.25) is 5.95 Å². The summed E-state index contributed by atoms with van der Waals surface area (Å²) in [6.45, 7) is 3.30. The van der Waals surface area contributed by atoms with Crippen LogP contribution in [0.2, 0.25) is 0 Å². The number of hydrogen-bond donors (Lipinski definition) is 2. The molecule has 0 aliphatic carbocycles. The smallest absolute Gasteiger partial charge is 0.227 e. The van der Waals surface area contributed by atoms with Crippen LogP contribution in [0.3, 0.4) is 0 Å². The van der Waals surface area contributed by atoms with Gasteiger partial charge in [0.05, 0.1) is 35.5 Å². The van der Waals surface area contributed by atoms with E-state index in [1.165, 1.54) is 6.20 Å². The standard InChI is InChI=1S/C20H21N5O4S/c1-13(2)29-19-14(10-21)3-4-15-11-23-20(25-18(15)19)24-16-5-6-22-17(9-16)12-30(27,28)8-7-26/h3-6,9,11,13,26H,7-8,12H2,1-2H3,(H,22,23,24,25). The minimum atomic E-state index is -3.45. The van der Waals surface area contributed by atoms with Crippen LogP contribution in [-0.2, 0) is 15.6 Å². The molecule has 0 spiro atoms. The topological polar surface area (TPSA) is 138 Å². The lowest BCUT2D eigenvalue weighted by molar-refractivity contribution is 0.244. The van der Waals surface area contributed by atoms with Gasteiger partial charge in [-0.3, -0.25) is 4.98 Å². The molecular formula is C20H21N5O4S. The number of aliphatic hydroxyl groups excluding tert-OH is 1. The van der Waals surface area contributed by atoms with E-state index in [9.17, 15) is 13.7 Å². The van der Waals surface area contributed by atoms with E-state index in [0.717, 1.165) is 5.39 Å². The molecule has 0 aliphatic rings. The molecular weight excluding hydrogens is 406 g/mol. The van der Waals surface area contributed by atoms with Gasteiger partial charge in [-0.05, 0) is 38.1 Å². The fourth-order valence-corrected chi connectivity index (χ4v) is 3.81. The highest BCUT2D eigenvalue weighted by molar-refractivity contribution is 7.90. The van der Waals surface area contributed by atoms with Crippen molar-refractivity contribution in [1.82, 2.24) is 15.0 Å². The van der Waals surface area contributed by atoms with Crippen LogP contribution in [0.1, 0.15) is 25.1 Å². The van der Waals surface area contributed by atoms with E-state index in [0.29, 0.717) is 28.2 Å². The Morgan fingerprint density at radius 2 is 2.07 bits per heavy atom. The van der Waals surface area contributed by atoms with E-state index < -0.39 is 16.4 Å². The van der Waals surface area contributed by atoms with Gasteiger partial charge in [0.1, 0.15) is 11.6 Å². The third-order valence-corrected chi connectivity index (χ3v) is 5.56. The summed E-state index contributed by atoms with van der Waals surface area (Å²) in [5.41, 5.74) is 1.77. The second kappa shape index (κ2) is 9.02. The molecule has 0 unspecified atom stereocenters. The van der Waals surface area contributed by atoms with Crippen LogP contribution in [0.15, 0.2) is 36.7 Å². The molecule has 0 saturated carbocycles. The molecule has 156 valence electrons. The summed E-state index contributed by atoms with van der Waals surface area (Å²) in [6, 6.07) is 8.77. The van der Waals surface area contributed by atoms with Gasteiger partial charge in [0.25, 0.3) is 0 Å². The molecule has 2 N–H and O–H groups in total. The number of ether oxygens (including phenoxy) is 1. The predicted octanol–water partition coefficient (Wildman–Crippen LogP) is 2.33. The van der Waals surface area contributed by atoms with Gasteiger partial charge >= 0.3 is 0 Å². The third-order valence-electron chi connectivity index (χ3n) is 4.02. The third kappa shape index (κ3) is 5.20. The van der Waals surface area contributed by atoms with Crippen LogP contribution >= 0.6 is 0 Å². The zero-order valence-corrected chi connectivity index (χ0v) is 17.3. The number of nitrogens with one attached hydrogen (secondary N) is 1. The highest BCUT2D eigenvalue weighted by atomic mass is 32.2. The van der Waals surface area contributed by atoms with Gasteiger partial charge < -0.3 is 15.2 Å². The van der Waals surface area contributed by atoms with E-state index in [4.69, 9.17) is 9.84 Å². The zero-order chi connectivity index (χ0) is 21.7. The number of nitrogens with zero attached hydrogens (tertiary/aromatic N) is 4. The van der Waals surface area contributed by atoms with Crippen molar-refractivity contribution in [3.63, 3.8) is 0 Å². The summed E-state index contributed by atoms with van der Waals surface area (Å²) in [7, 11) is -3.45. The van der Waals surface area contributed by atoms with Crippen LogP contribution in [-0.4, -0.2) is 46.9 Å². The number of aromatic nitrogens is 3. The van der Waals surface area contributed by atoms with Gasteiger partial charge in [-0.15, -0.1) is 0 Å². The highest BCUT2D eigenvalue weighted by Crippen LogP contribution is 2.30. The molecule has 3 aromatic rings. The van der Waals surface area contributed by atoms with Gasteiger partial charge in [0.15, 0.2) is 15.6 Å². The summed E-state index contributed by atoms with van der Waals surface area (Å²) in [5.74, 6) is 0.0574. The Kier molecular flexibility index (Phi) is 6.44. The molecule has 3 rings (SSSR count). The maximum absolute atomic E-state index is 11.9. The number of nitriles is 1. The van der Waals surface area contributed by atoms with Gasteiger partial charge in [-0.2, -0.15) is 5.26 Å². The molecule has 30 heavy (non-hydrogen) atoms. The lowest BCUT2D eigenvalue weighted by atomic mass is 10.1. The summed E-state index contributed by atoms with van der Waals surface area (Å²) in [4.78, 5) is 12.8. The van der Waals surface area contributed by atoms with Crippen molar-refractivity contribution >= 4 is 32.4 Å². The van der Waals surface area contributed by atoms with E-state index in [1.807, 2.05) is 13.8 Å². The molecule has 0 atom stereocenters. The van der Waals surface area contributed by atoms with E-state index in [1.54, 1.807) is 30.5 Å². The van der Waals surface area contributed by atoms with Crippen molar-refractivity contribution < 1.29 is 18.3 Å². The van der Waals surface area contributed by atoms with Crippen LogP contribution < -0.4 is 10.1 Å². The van der Waals surface area contributed by atoms with Crippen LogP contribution in [0, 0.1) is 11.3 Å². The van der Waals surface area contributed by atoms with Crippen molar-refractivity contribution in [1.29, 1.82) is 5.26 Å². The van der Waals surface area contributed by atoms with E-state index >= 15 is 0 Å². The number of pyridine rings is 1. The number of rotatable bonds is 8. The first kappa shape index (κ1) is 21.4. The second-order valence-corrected chi connectivity index (χ2v) is 9.01. The number of sulfone groups is 1. The first-order valence-electron chi connectivity index (χ1n) is 9.21. The molecule has 0 amide bonds. The summed E-state index contributed by atoms with van der Waals surface area (Å²) < 4.78 is 29.6. The van der Waals surface area contributed by atoms with Crippen molar-refractivity contribution in [2.45, 2.75) is 25.7 Å². The first-order chi connectivity index (χ1) is 14.3. The molecule has 0 saturated heterocycles. The Bertz CT molecular complexity index is 1210. The first-order valence-corrected chi connectivity index (χ1v) is 11.0. The molecule has 0 radical (unpaired) electrons. The largest absolute Gasteiger partial charge is 0.487 e. The molecule has 0 fully saturated rings. The minimum Gasteiger partial charge on any atom is -0.487 e. The fraction of sp³-hybridized carbons (Fsp3) is 0.300. The monoisotopic (exact) mass is 427 g/mol. The normalized spacial score (nSPS) is 11.4. The average molecular weight is 427 g/mol. The maximum atomic E-state index is 11.9. The number of anilines is 2. The lowest BCUT2D eigenvalue weighted by Crippen LogP contribution is -2.13. The van der Waals surface area contributed by atoms with Crippen LogP contribution in [0.4, 0.5) is 11.6 Å². The fourth-order valence-electron chi connectivity index (χ4n) is 2.78. The molecule has 1 aromatic carbocycles. The number of fused-ring (bicyclic) bond motifs is 1. The van der Waals surface area contributed by atoms with Crippen LogP contribution in [0.25, 0.3) is 10.9 Å². The van der Waals surface area contributed by atoms with E-state index in [-0.39, 0.29) is 23.6 Å². The molecule has 9 nitrogen and oxygen atoms in total. The van der Waals surface area contributed by atoms with Crippen LogP contribution in [0.5, 0.6) is 5.75 Å². The Morgan fingerprint density at radius 3 is 2.77 bits per heavy atom. The summed E-state index contributed by atoms with van der Waals surface area (Å²) in [5, 5.41) is 22.0. The summed E-state index contributed by atoms with van der Waals surface area (Å²) in [6.07, 6.45) is 2.96. The Hall–Kier alpha value is -3.29. The van der Waals surface area contributed by atoms with Crippen molar-refractivity contribution in [3.05, 3.63) is 47.9 Å². The Balaban J connectivity index is 1.93.